The summed E-state index contributed by atoms with van der Waals surface area (Å²) in [5, 5.41) is 8.17. The third-order valence-corrected chi connectivity index (χ3v) is 4.93. The zero-order valence-electron chi connectivity index (χ0n) is 16.9. The Bertz CT molecular complexity index is 804. The molecule has 2 aromatic rings. The van der Waals surface area contributed by atoms with Gasteiger partial charge in [0.2, 0.25) is 5.91 Å². The van der Waals surface area contributed by atoms with E-state index in [0.717, 1.165) is 38.3 Å². The Labute approximate surface area is 172 Å². The Kier molecular flexibility index (Phi) is 7.47. The smallest absolute Gasteiger partial charge is 0.319 e. The van der Waals surface area contributed by atoms with Crippen LogP contribution in [0.5, 0.6) is 0 Å². The van der Waals surface area contributed by atoms with Crippen molar-refractivity contribution >= 4 is 23.3 Å². The molecule has 1 aliphatic heterocycles. The average Bonchev–Trinajstić information content (AvgIpc) is 2.73. The van der Waals surface area contributed by atoms with Crippen molar-refractivity contribution in [2.24, 2.45) is 0 Å². The van der Waals surface area contributed by atoms with Crippen LogP contribution in [0.1, 0.15) is 5.56 Å². The molecule has 1 aliphatic rings. The van der Waals surface area contributed by atoms with Crippen LogP contribution in [0.25, 0.3) is 0 Å². The van der Waals surface area contributed by atoms with Crippen LogP contribution in [-0.2, 0) is 4.79 Å². The van der Waals surface area contributed by atoms with Gasteiger partial charge in [0.15, 0.2) is 0 Å². The zero-order chi connectivity index (χ0) is 20.5. The number of carbonyl (C=O) groups excluding carboxylic acids is 2. The molecule has 0 bridgehead atoms. The highest BCUT2D eigenvalue weighted by Gasteiger charge is 2.16. The standard InChI is InChI=1S/C22H29N5O2/c1-18-6-5-7-19(16-18)25-22(29)24-17-21(28)23-10-11-26-12-14-27(15-13-26)20-8-3-2-4-9-20/h2-9,16H,10-15,17H2,1H3,(H,23,28)(H2,24,25,29). The maximum atomic E-state index is 12.0. The predicted octanol–water partition coefficient (Wildman–Crippen LogP) is 2.05. The second-order valence-corrected chi connectivity index (χ2v) is 7.19. The fraction of sp³-hybridized carbons (Fsp3) is 0.364. The Balaban J connectivity index is 1.28. The minimum absolute atomic E-state index is 0.0422. The third-order valence-electron chi connectivity index (χ3n) is 4.93. The van der Waals surface area contributed by atoms with Crippen LogP contribution in [0, 0.1) is 6.92 Å². The fourth-order valence-electron chi connectivity index (χ4n) is 3.34. The van der Waals surface area contributed by atoms with Crippen molar-refractivity contribution < 1.29 is 9.59 Å². The molecule has 3 amide bonds. The zero-order valence-corrected chi connectivity index (χ0v) is 16.9. The number of aryl methyl sites for hydroxylation is 1. The maximum Gasteiger partial charge on any atom is 0.319 e. The molecule has 1 fully saturated rings. The number of nitrogens with zero attached hydrogens (tertiary/aromatic N) is 2. The van der Waals surface area contributed by atoms with Crippen LogP contribution in [0.2, 0.25) is 0 Å². The lowest BCUT2D eigenvalue weighted by molar-refractivity contribution is -0.120. The normalized spacial score (nSPS) is 14.3. The molecule has 0 spiro atoms. The average molecular weight is 396 g/mol. The molecule has 7 heteroatoms. The quantitative estimate of drug-likeness (QED) is 0.671. The van der Waals surface area contributed by atoms with Gasteiger partial charge in [0.1, 0.15) is 0 Å². The van der Waals surface area contributed by atoms with Crippen molar-refractivity contribution in [3.63, 3.8) is 0 Å². The molecule has 0 saturated carbocycles. The van der Waals surface area contributed by atoms with Crippen LogP contribution in [-0.4, -0.2) is 62.7 Å². The molecule has 29 heavy (non-hydrogen) atoms. The topological polar surface area (TPSA) is 76.7 Å². The van der Waals surface area contributed by atoms with E-state index in [4.69, 9.17) is 0 Å². The highest BCUT2D eigenvalue weighted by molar-refractivity contribution is 5.92. The molecule has 1 saturated heterocycles. The number of hydrogen-bond donors (Lipinski definition) is 3. The molecule has 1 heterocycles. The number of rotatable bonds is 7. The Morgan fingerprint density at radius 2 is 1.69 bits per heavy atom. The predicted molar refractivity (Wildman–Crippen MR) is 116 cm³/mol. The van der Waals surface area contributed by atoms with Gasteiger partial charge in [0, 0.05) is 50.6 Å². The first-order valence-corrected chi connectivity index (χ1v) is 10.0. The number of amides is 3. The van der Waals surface area contributed by atoms with Crippen molar-refractivity contribution in [3.05, 3.63) is 60.2 Å². The highest BCUT2D eigenvalue weighted by Crippen LogP contribution is 2.15. The van der Waals surface area contributed by atoms with Gasteiger partial charge in [-0.25, -0.2) is 4.79 Å². The van der Waals surface area contributed by atoms with Gasteiger partial charge in [0.25, 0.3) is 0 Å². The monoisotopic (exact) mass is 395 g/mol. The summed E-state index contributed by atoms with van der Waals surface area (Å²) < 4.78 is 0. The number of anilines is 2. The largest absolute Gasteiger partial charge is 0.369 e. The van der Waals surface area contributed by atoms with E-state index in [1.165, 1.54) is 5.69 Å². The van der Waals surface area contributed by atoms with Crippen molar-refractivity contribution in [2.75, 3.05) is 56.0 Å². The van der Waals surface area contributed by atoms with E-state index in [2.05, 4.69) is 50.0 Å². The Morgan fingerprint density at radius 3 is 2.41 bits per heavy atom. The van der Waals surface area contributed by atoms with E-state index in [0.29, 0.717) is 12.2 Å². The fourth-order valence-corrected chi connectivity index (χ4v) is 3.34. The van der Waals surface area contributed by atoms with Gasteiger partial charge in [-0.1, -0.05) is 30.3 Å². The molecule has 0 unspecified atom stereocenters. The summed E-state index contributed by atoms with van der Waals surface area (Å²) in [7, 11) is 0. The Morgan fingerprint density at radius 1 is 0.931 bits per heavy atom. The molecule has 7 nitrogen and oxygen atoms in total. The third kappa shape index (κ3) is 6.80. The highest BCUT2D eigenvalue weighted by atomic mass is 16.2. The number of piperazine rings is 1. The molecule has 0 atom stereocenters. The molecule has 0 radical (unpaired) electrons. The summed E-state index contributed by atoms with van der Waals surface area (Å²) in [4.78, 5) is 28.6. The summed E-state index contributed by atoms with van der Waals surface area (Å²) >= 11 is 0. The minimum Gasteiger partial charge on any atom is -0.369 e. The van der Waals surface area contributed by atoms with Crippen LogP contribution in [0.15, 0.2) is 54.6 Å². The van der Waals surface area contributed by atoms with E-state index < -0.39 is 0 Å². The first kappa shape index (κ1) is 20.7. The van der Waals surface area contributed by atoms with E-state index in [1.54, 1.807) is 0 Å². The molecule has 154 valence electrons. The van der Waals surface area contributed by atoms with Gasteiger partial charge >= 0.3 is 6.03 Å². The molecule has 2 aromatic carbocycles. The Hall–Kier alpha value is -3.06. The second-order valence-electron chi connectivity index (χ2n) is 7.19. The van der Waals surface area contributed by atoms with Gasteiger partial charge in [0.05, 0.1) is 6.54 Å². The van der Waals surface area contributed by atoms with Gasteiger partial charge in [-0.05, 0) is 36.8 Å². The van der Waals surface area contributed by atoms with Gasteiger partial charge in [-0.15, -0.1) is 0 Å². The van der Waals surface area contributed by atoms with Gasteiger partial charge in [-0.3, -0.25) is 9.69 Å². The van der Waals surface area contributed by atoms with Crippen molar-refractivity contribution in [1.29, 1.82) is 0 Å². The van der Waals surface area contributed by atoms with E-state index >= 15 is 0 Å². The molecule has 0 aliphatic carbocycles. The van der Waals surface area contributed by atoms with E-state index in [1.807, 2.05) is 37.3 Å². The molecule has 3 rings (SSSR count). The maximum absolute atomic E-state index is 12.0. The lowest BCUT2D eigenvalue weighted by Crippen LogP contribution is -2.49. The summed E-state index contributed by atoms with van der Waals surface area (Å²) in [6.45, 7) is 7.22. The van der Waals surface area contributed by atoms with Crippen LogP contribution in [0.3, 0.4) is 0 Å². The number of carbonyl (C=O) groups is 2. The van der Waals surface area contributed by atoms with Crippen molar-refractivity contribution in [1.82, 2.24) is 15.5 Å². The molecular weight excluding hydrogens is 366 g/mol. The summed E-state index contributed by atoms with van der Waals surface area (Å²) in [6.07, 6.45) is 0. The number of hydrogen-bond acceptors (Lipinski definition) is 4. The summed E-state index contributed by atoms with van der Waals surface area (Å²) in [5.41, 5.74) is 3.03. The van der Waals surface area contributed by atoms with Gasteiger partial charge < -0.3 is 20.9 Å². The van der Waals surface area contributed by atoms with Crippen LogP contribution >= 0.6 is 0 Å². The lowest BCUT2D eigenvalue weighted by atomic mass is 10.2. The molecule has 0 aromatic heterocycles. The first-order chi connectivity index (χ1) is 14.1. The molecular formula is C22H29N5O2. The van der Waals surface area contributed by atoms with E-state index in [-0.39, 0.29) is 18.5 Å². The number of benzene rings is 2. The van der Waals surface area contributed by atoms with Crippen LogP contribution < -0.4 is 20.9 Å². The SMILES string of the molecule is Cc1cccc(NC(=O)NCC(=O)NCCN2CCN(c3ccccc3)CC2)c1. The minimum atomic E-state index is -0.386. The summed E-state index contributed by atoms with van der Waals surface area (Å²) in [6, 6.07) is 17.6. The lowest BCUT2D eigenvalue weighted by Gasteiger charge is -2.36. The second kappa shape index (κ2) is 10.5. The number of urea groups is 1. The number of nitrogens with one attached hydrogen (secondary N) is 3. The van der Waals surface area contributed by atoms with Crippen LogP contribution in [0.4, 0.5) is 16.2 Å². The van der Waals surface area contributed by atoms with E-state index in [9.17, 15) is 9.59 Å². The number of para-hydroxylation sites is 1. The first-order valence-electron chi connectivity index (χ1n) is 10.0. The summed E-state index contributed by atoms with van der Waals surface area (Å²) in [5.74, 6) is -0.188. The van der Waals surface area contributed by atoms with Crippen molar-refractivity contribution in [3.8, 4) is 0 Å². The van der Waals surface area contributed by atoms with Crippen molar-refractivity contribution in [2.45, 2.75) is 6.92 Å². The van der Waals surface area contributed by atoms with Gasteiger partial charge in [-0.2, -0.15) is 0 Å². The molecule has 3 N–H and O–H groups in total.